The van der Waals surface area contributed by atoms with Crippen LogP contribution in [-0.4, -0.2) is 25.8 Å². The Balaban J connectivity index is 1.44. The fraction of sp³-hybridized carbons (Fsp3) is 0.625. The molecule has 122 valence electrons. The van der Waals surface area contributed by atoms with Crippen LogP contribution in [0.4, 0.5) is 0 Å². The van der Waals surface area contributed by atoms with E-state index < -0.39 is 5.54 Å². The van der Waals surface area contributed by atoms with Gasteiger partial charge in [-0.05, 0) is 31.7 Å². The summed E-state index contributed by atoms with van der Waals surface area (Å²) >= 11 is 0. The summed E-state index contributed by atoms with van der Waals surface area (Å²) in [6.07, 6.45) is 10.1. The fourth-order valence-electron chi connectivity index (χ4n) is 3.29. The van der Waals surface area contributed by atoms with Crippen molar-refractivity contribution in [3.63, 3.8) is 0 Å². The lowest BCUT2D eigenvalue weighted by Crippen LogP contribution is -2.45. The standard InChI is InChI=1S/C16H21N5O2/c22-13(6-11-21-10-3-9-17-21)19-16(7-1-2-8-16)15-18-14(23-20-15)12-4-5-12/h3,9-10,12H,1-2,4-8,11H2,(H,19,22). The first-order valence-corrected chi connectivity index (χ1v) is 8.38. The van der Waals surface area contributed by atoms with Gasteiger partial charge in [-0.3, -0.25) is 9.48 Å². The average Bonchev–Trinajstić information content (AvgIpc) is 3.02. The third kappa shape index (κ3) is 3.00. The maximum atomic E-state index is 12.4. The van der Waals surface area contributed by atoms with Crippen LogP contribution in [0.3, 0.4) is 0 Å². The largest absolute Gasteiger partial charge is 0.343 e. The molecule has 0 atom stereocenters. The molecule has 7 nitrogen and oxygen atoms in total. The highest BCUT2D eigenvalue weighted by atomic mass is 16.5. The van der Waals surface area contributed by atoms with Gasteiger partial charge in [0.05, 0.1) is 0 Å². The van der Waals surface area contributed by atoms with E-state index in [-0.39, 0.29) is 5.91 Å². The molecule has 4 rings (SSSR count). The molecule has 0 radical (unpaired) electrons. The summed E-state index contributed by atoms with van der Waals surface area (Å²) in [6.45, 7) is 0.578. The van der Waals surface area contributed by atoms with Crippen LogP contribution < -0.4 is 5.32 Å². The van der Waals surface area contributed by atoms with Gasteiger partial charge in [0.2, 0.25) is 11.8 Å². The first-order chi connectivity index (χ1) is 11.3. The molecule has 23 heavy (non-hydrogen) atoms. The van der Waals surface area contributed by atoms with Gasteiger partial charge < -0.3 is 9.84 Å². The second kappa shape index (κ2) is 5.79. The summed E-state index contributed by atoms with van der Waals surface area (Å²) in [5.74, 6) is 1.84. The first kappa shape index (κ1) is 14.4. The van der Waals surface area contributed by atoms with Crippen molar-refractivity contribution in [1.29, 1.82) is 0 Å². The number of hydrogen-bond donors (Lipinski definition) is 1. The van der Waals surface area contributed by atoms with Crippen molar-refractivity contribution in [2.45, 2.75) is 62.9 Å². The predicted molar refractivity (Wildman–Crippen MR) is 81.4 cm³/mol. The Morgan fingerprint density at radius 1 is 1.39 bits per heavy atom. The van der Waals surface area contributed by atoms with Crippen LogP contribution in [0.5, 0.6) is 0 Å². The number of aryl methyl sites for hydroxylation is 1. The molecule has 0 unspecified atom stereocenters. The molecule has 2 aromatic rings. The van der Waals surface area contributed by atoms with Crippen LogP contribution in [-0.2, 0) is 16.9 Å². The van der Waals surface area contributed by atoms with Crippen LogP contribution >= 0.6 is 0 Å². The normalized spacial score (nSPS) is 19.8. The number of carbonyl (C=O) groups excluding carboxylic acids is 1. The quantitative estimate of drug-likeness (QED) is 0.882. The first-order valence-electron chi connectivity index (χ1n) is 8.38. The van der Waals surface area contributed by atoms with E-state index in [1.807, 2.05) is 12.3 Å². The Kier molecular flexibility index (Phi) is 3.63. The maximum Gasteiger partial charge on any atom is 0.229 e. The topological polar surface area (TPSA) is 85.8 Å². The zero-order valence-electron chi connectivity index (χ0n) is 13.1. The van der Waals surface area contributed by atoms with Crippen molar-refractivity contribution in [1.82, 2.24) is 25.2 Å². The van der Waals surface area contributed by atoms with Crippen LogP contribution in [0.2, 0.25) is 0 Å². The molecule has 0 saturated heterocycles. The molecule has 2 aliphatic carbocycles. The second-order valence-corrected chi connectivity index (χ2v) is 6.59. The number of aromatic nitrogens is 4. The molecule has 1 amide bonds. The summed E-state index contributed by atoms with van der Waals surface area (Å²) < 4.78 is 7.16. The zero-order chi connectivity index (χ0) is 15.7. The van der Waals surface area contributed by atoms with E-state index in [2.05, 4.69) is 20.6 Å². The minimum absolute atomic E-state index is 0.0140. The number of nitrogens with zero attached hydrogens (tertiary/aromatic N) is 4. The predicted octanol–water partition coefficient (Wildman–Crippen LogP) is 2.12. The van der Waals surface area contributed by atoms with Crippen molar-refractivity contribution >= 4 is 5.91 Å². The highest BCUT2D eigenvalue weighted by molar-refractivity contribution is 5.76. The van der Waals surface area contributed by atoms with Gasteiger partial charge in [-0.1, -0.05) is 18.0 Å². The van der Waals surface area contributed by atoms with Crippen molar-refractivity contribution in [3.05, 3.63) is 30.2 Å². The highest BCUT2D eigenvalue weighted by Gasteiger charge is 2.42. The van der Waals surface area contributed by atoms with Crippen molar-refractivity contribution in [2.75, 3.05) is 0 Å². The molecule has 0 aliphatic heterocycles. The van der Waals surface area contributed by atoms with Gasteiger partial charge in [-0.15, -0.1) is 0 Å². The third-order valence-corrected chi connectivity index (χ3v) is 4.76. The smallest absolute Gasteiger partial charge is 0.229 e. The molecule has 1 N–H and O–H groups in total. The summed E-state index contributed by atoms with van der Waals surface area (Å²) in [5, 5.41) is 11.5. The minimum atomic E-state index is -0.447. The molecule has 7 heteroatoms. The van der Waals surface area contributed by atoms with Gasteiger partial charge in [0.1, 0.15) is 5.54 Å². The Bertz CT molecular complexity index is 668. The maximum absolute atomic E-state index is 12.4. The van der Waals surface area contributed by atoms with Crippen LogP contribution in [0.15, 0.2) is 23.0 Å². The summed E-state index contributed by atoms with van der Waals surface area (Å²) in [6, 6.07) is 1.86. The monoisotopic (exact) mass is 315 g/mol. The van der Waals surface area contributed by atoms with Gasteiger partial charge in [-0.25, -0.2) is 0 Å². The van der Waals surface area contributed by atoms with Crippen molar-refractivity contribution in [3.8, 4) is 0 Å². The van der Waals surface area contributed by atoms with Gasteiger partial charge in [0.15, 0.2) is 5.82 Å². The summed E-state index contributed by atoms with van der Waals surface area (Å²) in [5.41, 5.74) is -0.447. The zero-order valence-corrected chi connectivity index (χ0v) is 13.1. The fourth-order valence-corrected chi connectivity index (χ4v) is 3.29. The molecular weight excluding hydrogens is 294 g/mol. The third-order valence-electron chi connectivity index (χ3n) is 4.76. The Morgan fingerprint density at radius 2 is 2.22 bits per heavy atom. The van der Waals surface area contributed by atoms with Gasteiger partial charge in [0.25, 0.3) is 0 Å². The molecule has 2 fully saturated rings. The number of nitrogens with one attached hydrogen (secondary N) is 1. The van der Waals surface area contributed by atoms with Crippen molar-refractivity contribution < 1.29 is 9.32 Å². The lowest BCUT2D eigenvalue weighted by Gasteiger charge is -2.26. The van der Waals surface area contributed by atoms with E-state index in [1.165, 1.54) is 0 Å². The minimum Gasteiger partial charge on any atom is -0.343 e. The van der Waals surface area contributed by atoms with Crippen LogP contribution in [0.1, 0.15) is 62.6 Å². The van der Waals surface area contributed by atoms with E-state index in [0.29, 0.717) is 24.7 Å². The molecule has 2 aromatic heterocycles. The van der Waals surface area contributed by atoms with Gasteiger partial charge >= 0.3 is 0 Å². The number of carbonyl (C=O) groups is 1. The molecule has 0 spiro atoms. The second-order valence-electron chi connectivity index (χ2n) is 6.59. The Morgan fingerprint density at radius 3 is 2.91 bits per heavy atom. The van der Waals surface area contributed by atoms with Crippen LogP contribution in [0.25, 0.3) is 0 Å². The van der Waals surface area contributed by atoms with E-state index in [1.54, 1.807) is 10.9 Å². The van der Waals surface area contributed by atoms with E-state index in [0.717, 1.165) is 44.4 Å². The summed E-state index contributed by atoms with van der Waals surface area (Å²) in [4.78, 5) is 17.0. The molecule has 0 aromatic carbocycles. The molecule has 2 saturated carbocycles. The van der Waals surface area contributed by atoms with E-state index in [9.17, 15) is 4.79 Å². The number of amides is 1. The van der Waals surface area contributed by atoms with E-state index in [4.69, 9.17) is 4.52 Å². The van der Waals surface area contributed by atoms with E-state index >= 15 is 0 Å². The van der Waals surface area contributed by atoms with Gasteiger partial charge in [0, 0.05) is 31.3 Å². The molecule has 0 bridgehead atoms. The molecule has 2 heterocycles. The SMILES string of the molecule is O=C(CCn1cccn1)NC1(c2noc(C3CC3)n2)CCCC1. The Hall–Kier alpha value is -2.18. The lowest BCUT2D eigenvalue weighted by atomic mass is 9.96. The highest BCUT2D eigenvalue weighted by Crippen LogP contribution is 2.42. The Labute approximate surface area is 134 Å². The molecule has 2 aliphatic rings. The van der Waals surface area contributed by atoms with Crippen molar-refractivity contribution in [2.24, 2.45) is 0 Å². The van der Waals surface area contributed by atoms with Gasteiger partial charge in [-0.2, -0.15) is 10.1 Å². The number of rotatable bonds is 6. The average molecular weight is 315 g/mol. The molecular formula is C16H21N5O2. The lowest BCUT2D eigenvalue weighted by molar-refractivity contribution is -0.123. The van der Waals surface area contributed by atoms with Crippen LogP contribution in [0, 0.1) is 0 Å². The number of hydrogen-bond acceptors (Lipinski definition) is 5. The summed E-state index contributed by atoms with van der Waals surface area (Å²) in [7, 11) is 0.